The van der Waals surface area contributed by atoms with Gasteiger partial charge in [0.15, 0.2) is 0 Å². The molecule has 0 atom stereocenters. The highest BCUT2D eigenvalue weighted by Gasteiger charge is 2.60. The molecular weight excluding hydrogens is 488 g/mol. The fraction of sp³-hybridized carbons (Fsp3) is 0.167. The lowest BCUT2D eigenvalue weighted by molar-refractivity contribution is 0.318. The number of unbranched alkanes of at least 4 members (excludes halogenated alkanes) is 1. The lowest BCUT2D eigenvalue weighted by atomic mass is 9.59. The molecule has 4 nitrogen and oxygen atoms in total. The third kappa shape index (κ3) is 4.26. The Balaban J connectivity index is 1.70. The molecule has 0 saturated carbocycles. The molecule has 196 valence electrons. The Morgan fingerprint density at radius 3 is 1.65 bits per heavy atom. The minimum Gasteiger partial charge on any atom is -0.128 e. The summed E-state index contributed by atoms with van der Waals surface area (Å²) in [5.74, 6) is 0. The molecule has 40 heavy (non-hydrogen) atoms. The van der Waals surface area contributed by atoms with Gasteiger partial charge in [0.05, 0.1) is 5.41 Å². The van der Waals surface area contributed by atoms with Crippen LogP contribution in [0, 0.1) is 0 Å². The van der Waals surface area contributed by atoms with Crippen molar-refractivity contribution in [2.45, 2.75) is 37.3 Å². The van der Waals surface area contributed by atoms with E-state index in [0.717, 1.165) is 46.2 Å². The van der Waals surface area contributed by atoms with Crippen molar-refractivity contribution in [2.75, 3.05) is 0 Å². The van der Waals surface area contributed by atoms with Gasteiger partial charge in [-0.3, -0.25) is 0 Å². The van der Waals surface area contributed by atoms with Crippen molar-refractivity contribution in [3.8, 4) is 11.1 Å². The molecular formula is C36H32N4. The van der Waals surface area contributed by atoms with Crippen LogP contribution in [-0.4, -0.2) is 0 Å². The van der Waals surface area contributed by atoms with E-state index in [1.54, 1.807) is 0 Å². The zero-order valence-corrected chi connectivity index (χ0v) is 22.7. The molecule has 0 fully saturated rings. The van der Waals surface area contributed by atoms with E-state index in [9.17, 15) is 0 Å². The van der Waals surface area contributed by atoms with Crippen molar-refractivity contribution in [3.05, 3.63) is 167 Å². The third-order valence-corrected chi connectivity index (χ3v) is 7.92. The summed E-state index contributed by atoms with van der Waals surface area (Å²) >= 11 is 0. The van der Waals surface area contributed by atoms with Crippen molar-refractivity contribution in [1.29, 1.82) is 0 Å². The summed E-state index contributed by atoms with van der Waals surface area (Å²) in [4.78, 5) is 0. The standard InChI is InChI=1S/C36H32N4/c1-2-3-16-28-17-15-18-29(27-28)33-25-13-14-26-34(33)36(37-39-40-38-36)35(30-19-7-4-8-20-30,31-21-9-5-10-22-31)32-23-11-6-12-24-32/h4-15,17-27H,2-3,16H2,1H3. The maximum Gasteiger partial charge on any atom is 0.238 e. The molecule has 4 heteroatoms. The zero-order chi connectivity index (χ0) is 27.3. The first-order valence-corrected chi connectivity index (χ1v) is 14.0. The first-order chi connectivity index (χ1) is 19.8. The van der Waals surface area contributed by atoms with Gasteiger partial charge in [0, 0.05) is 5.56 Å². The molecule has 0 spiro atoms. The number of benzene rings is 5. The van der Waals surface area contributed by atoms with Crippen molar-refractivity contribution in [2.24, 2.45) is 20.7 Å². The summed E-state index contributed by atoms with van der Waals surface area (Å²) < 4.78 is 0. The topological polar surface area (TPSA) is 49.4 Å². The van der Waals surface area contributed by atoms with Crippen molar-refractivity contribution >= 4 is 0 Å². The highest BCUT2D eigenvalue weighted by atomic mass is 15.6. The summed E-state index contributed by atoms with van der Waals surface area (Å²) in [5.41, 5.74) is 5.68. The predicted molar refractivity (Wildman–Crippen MR) is 161 cm³/mol. The number of hydrogen-bond acceptors (Lipinski definition) is 4. The quantitative estimate of drug-likeness (QED) is 0.174. The van der Waals surface area contributed by atoms with E-state index in [4.69, 9.17) is 10.2 Å². The number of rotatable bonds is 9. The number of aryl methyl sites for hydroxylation is 1. The molecule has 5 aromatic carbocycles. The van der Waals surface area contributed by atoms with Gasteiger partial charge in [-0.15, -0.1) is 10.2 Å². The molecule has 0 amide bonds. The fourth-order valence-electron chi connectivity index (χ4n) is 6.13. The van der Waals surface area contributed by atoms with Crippen molar-refractivity contribution in [1.82, 2.24) is 0 Å². The molecule has 0 aliphatic carbocycles. The summed E-state index contributed by atoms with van der Waals surface area (Å²) in [5, 5.41) is 18.4. The second-order valence-corrected chi connectivity index (χ2v) is 10.2. The molecule has 0 aromatic heterocycles. The molecule has 0 saturated heterocycles. The first-order valence-electron chi connectivity index (χ1n) is 14.0. The molecule has 0 unspecified atom stereocenters. The van der Waals surface area contributed by atoms with E-state index in [1.807, 2.05) is 18.2 Å². The van der Waals surface area contributed by atoms with Crippen LogP contribution in [0.1, 0.15) is 47.6 Å². The highest BCUT2D eigenvalue weighted by Crippen LogP contribution is 2.58. The maximum atomic E-state index is 4.99. The summed E-state index contributed by atoms with van der Waals surface area (Å²) in [6.07, 6.45) is 3.38. The van der Waals surface area contributed by atoms with Crippen LogP contribution in [0.5, 0.6) is 0 Å². The summed E-state index contributed by atoms with van der Waals surface area (Å²) in [6.45, 7) is 2.23. The number of hydrogen-bond donors (Lipinski definition) is 0. The van der Waals surface area contributed by atoms with E-state index in [2.05, 4.69) is 139 Å². The minimum atomic E-state index is -1.19. The second-order valence-electron chi connectivity index (χ2n) is 10.2. The maximum absolute atomic E-state index is 4.99. The Morgan fingerprint density at radius 1 is 0.575 bits per heavy atom. The van der Waals surface area contributed by atoms with Gasteiger partial charge in [-0.25, -0.2) is 0 Å². The smallest absolute Gasteiger partial charge is 0.128 e. The SMILES string of the molecule is CCCCc1cccc(-c2ccccc2C2(C(c3ccccc3)(c3ccccc3)c3ccccc3)N=NN=N2)c1. The Kier molecular flexibility index (Phi) is 7.15. The largest absolute Gasteiger partial charge is 0.238 e. The Hall–Kier alpha value is -4.70. The fourth-order valence-corrected chi connectivity index (χ4v) is 6.13. The predicted octanol–water partition coefficient (Wildman–Crippen LogP) is 9.72. The molecule has 5 aromatic rings. The van der Waals surface area contributed by atoms with E-state index in [1.165, 1.54) is 12.0 Å². The molecule has 1 aliphatic rings. The average molecular weight is 521 g/mol. The molecule has 6 rings (SSSR count). The molecule has 0 radical (unpaired) electrons. The van der Waals surface area contributed by atoms with Gasteiger partial charge in [0.2, 0.25) is 5.66 Å². The lowest BCUT2D eigenvalue weighted by Crippen LogP contribution is -2.48. The van der Waals surface area contributed by atoms with Crippen molar-refractivity contribution in [3.63, 3.8) is 0 Å². The second kappa shape index (κ2) is 11.2. The molecule has 0 bridgehead atoms. The lowest BCUT2D eigenvalue weighted by Gasteiger charge is -2.45. The van der Waals surface area contributed by atoms with Gasteiger partial charge in [-0.05, 0) is 56.7 Å². The van der Waals surface area contributed by atoms with Gasteiger partial charge in [-0.1, -0.05) is 153 Å². The van der Waals surface area contributed by atoms with Crippen LogP contribution in [0.4, 0.5) is 0 Å². The minimum absolute atomic E-state index is 0.851. The Bertz CT molecular complexity index is 1520. The van der Waals surface area contributed by atoms with Crippen LogP contribution in [0.15, 0.2) is 160 Å². The molecule has 1 aliphatic heterocycles. The average Bonchev–Trinajstić information content (AvgIpc) is 3.53. The molecule has 1 heterocycles. The first kappa shape index (κ1) is 25.6. The van der Waals surface area contributed by atoms with Crippen molar-refractivity contribution < 1.29 is 0 Å². The molecule has 0 N–H and O–H groups in total. The summed E-state index contributed by atoms with van der Waals surface area (Å²) in [7, 11) is 0. The van der Waals surface area contributed by atoms with E-state index in [-0.39, 0.29) is 0 Å². The van der Waals surface area contributed by atoms with E-state index < -0.39 is 11.1 Å². The zero-order valence-electron chi connectivity index (χ0n) is 22.7. The number of nitrogens with zero attached hydrogens (tertiary/aromatic N) is 4. The van der Waals surface area contributed by atoms with Gasteiger partial charge >= 0.3 is 0 Å². The monoisotopic (exact) mass is 520 g/mol. The van der Waals surface area contributed by atoms with Gasteiger partial charge in [0.1, 0.15) is 0 Å². The van der Waals surface area contributed by atoms with Gasteiger partial charge in [0.25, 0.3) is 0 Å². The highest BCUT2D eigenvalue weighted by molar-refractivity contribution is 5.72. The van der Waals surface area contributed by atoms with E-state index in [0.29, 0.717) is 0 Å². The Labute approximate surface area is 236 Å². The normalized spacial score (nSPS) is 13.9. The van der Waals surface area contributed by atoms with Crippen LogP contribution < -0.4 is 0 Å². The van der Waals surface area contributed by atoms with E-state index >= 15 is 0 Å². The van der Waals surface area contributed by atoms with Crippen LogP contribution in [0.25, 0.3) is 11.1 Å². The summed E-state index contributed by atoms with van der Waals surface area (Å²) in [6, 6.07) is 48.9. The third-order valence-electron chi connectivity index (χ3n) is 7.92. The van der Waals surface area contributed by atoms with Crippen LogP contribution >= 0.6 is 0 Å². The van der Waals surface area contributed by atoms with Crippen LogP contribution in [-0.2, 0) is 17.5 Å². The Morgan fingerprint density at radius 2 is 1.10 bits per heavy atom. The van der Waals surface area contributed by atoms with Crippen LogP contribution in [0.3, 0.4) is 0 Å². The van der Waals surface area contributed by atoms with Crippen LogP contribution in [0.2, 0.25) is 0 Å². The van der Waals surface area contributed by atoms with Gasteiger partial charge < -0.3 is 0 Å². The van der Waals surface area contributed by atoms with Gasteiger partial charge in [-0.2, -0.15) is 0 Å².